The third-order valence-corrected chi connectivity index (χ3v) is 8.61. The quantitative estimate of drug-likeness (QED) is 0.399. The van der Waals surface area contributed by atoms with Crippen molar-refractivity contribution in [2.45, 2.75) is 50.0 Å². The highest BCUT2D eigenvalue weighted by atomic mass is 32.2. The number of anilines is 1. The summed E-state index contributed by atoms with van der Waals surface area (Å²) < 4.78 is 79.3. The number of thioether (sulfide) groups is 1. The van der Waals surface area contributed by atoms with Crippen molar-refractivity contribution in [3.63, 3.8) is 0 Å². The van der Waals surface area contributed by atoms with Crippen molar-refractivity contribution in [2.24, 2.45) is 0 Å². The fourth-order valence-electron chi connectivity index (χ4n) is 5.95. The summed E-state index contributed by atoms with van der Waals surface area (Å²) >= 11 is 1.06. The lowest BCUT2D eigenvalue weighted by Gasteiger charge is -2.45. The molecule has 5 rings (SSSR count). The number of methoxy groups -OCH3 is 1. The van der Waals surface area contributed by atoms with Gasteiger partial charge in [0.2, 0.25) is 5.91 Å². The average molecular weight is 583 g/mol. The van der Waals surface area contributed by atoms with Gasteiger partial charge in [-0.25, -0.2) is 13.6 Å². The van der Waals surface area contributed by atoms with Crippen LogP contribution in [0.1, 0.15) is 32.4 Å². The van der Waals surface area contributed by atoms with E-state index in [0.717, 1.165) is 30.0 Å². The predicted molar refractivity (Wildman–Crippen MR) is 142 cm³/mol. The van der Waals surface area contributed by atoms with Crippen molar-refractivity contribution >= 4 is 34.4 Å². The minimum Gasteiger partial charge on any atom is -0.383 e. The van der Waals surface area contributed by atoms with Gasteiger partial charge in [0.05, 0.1) is 23.7 Å². The lowest BCUT2D eigenvalue weighted by Crippen LogP contribution is -2.58. The molecule has 2 aromatic carbocycles. The number of carbonyl (C=O) groups excluding carboxylic acids is 1. The molecule has 0 N–H and O–H groups in total. The summed E-state index contributed by atoms with van der Waals surface area (Å²) in [6.07, 6.45) is -4.91. The van der Waals surface area contributed by atoms with Gasteiger partial charge in [0, 0.05) is 72.4 Å². The van der Waals surface area contributed by atoms with Gasteiger partial charge in [0.15, 0.2) is 0 Å². The van der Waals surface area contributed by atoms with Crippen molar-refractivity contribution in [2.75, 3.05) is 37.5 Å². The molecule has 13 heteroatoms. The number of amides is 1. The molecular weight excluding hydrogens is 555 g/mol. The molecule has 1 fully saturated rings. The second kappa shape index (κ2) is 10.3. The van der Waals surface area contributed by atoms with E-state index in [0.29, 0.717) is 6.07 Å². The fourth-order valence-corrected chi connectivity index (χ4v) is 7.26. The smallest absolute Gasteiger partial charge is 0.383 e. The number of aromatic nitrogens is 2. The maximum Gasteiger partial charge on any atom is 0.417 e. The molecule has 0 spiro atoms. The lowest BCUT2D eigenvalue weighted by molar-refractivity contribution is -0.137. The molecule has 3 heterocycles. The first-order chi connectivity index (χ1) is 18.8. The summed E-state index contributed by atoms with van der Waals surface area (Å²) in [5, 5.41) is 0.0807. The zero-order chi connectivity index (χ0) is 29.1. The molecule has 3 aromatic rings. The molecule has 40 heavy (non-hydrogen) atoms. The highest BCUT2D eigenvalue weighted by Crippen LogP contribution is 2.50. The van der Waals surface area contributed by atoms with Crippen molar-refractivity contribution in [1.82, 2.24) is 14.5 Å². The van der Waals surface area contributed by atoms with Gasteiger partial charge in [-0.15, -0.1) is 11.8 Å². The van der Waals surface area contributed by atoms with Crippen LogP contribution in [-0.4, -0.2) is 65.0 Å². The number of rotatable bonds is 4. The van der Waals surface area contributed by atoms with Crippen molar-refractivity contribution in [3.8, 4) is 11.1 Å². The van der Waals surface area contributed by atoms with E-state index in [-0.39, 0.29) is 65.1 Å². The Labute approximate surface area is 230 Å². The van der Waals surface area contributed by atoms with Gasteiger partial charge in [0.1, 0.15) is 17.5 Å². The van der Waals surface area contributed by atoms with E-state index >= 15 is 4.39 Å². The molecule has 0 unspecified atom stereocenters. The van der Waals surface area contributed by atoms with Crippen LogP contribution in [0.5, 0.6) is 0 Å². The molecule has 1 saturated heterocycles. The van der Waals surface area contributed by atoms with Crippen molar-refractivity contribution in [3.05, 3.63) is 51.9 Å². The van der Waals surface area contributed by atoms with E-state index in [2.05, 4.69) is 4.98 Å². The third-order valence-electron chi connectivity index (χ3n) is 7.38. The highest BCUT2D eigenvalue weighted by molar-refractivity contribution is 7.99. The van der Waals surface area contributed by atoms with Crippen LogP contribution in [0.3, 0.4) is 0 Å². The molecule has 0 radical (unpaired) electrons. The maximum atomic E-state index is 15.0. The van der Waals surface area contributed by atoms with Crippen LogP contribution in [0, 0.1) is 11.6 Å². The van der Waals surface area contributed by atoms with Crippen LogP contribution in [0.15, 0.2) is 34.0 Å². The first kappa shape index (κ1) is 28.3. The summed E-state index contributed by atoms with van der Waals surface area (Å²) in [5.74, 6) is -1.96. The Morgan fingerprint density at radius 1 is 1.15 bits per heavy atom. The Balaban J connectivity index is 1.85. The van der Waals surface area contributed by atoms with Crippen LogP contribution in [0.4, 0.5) is 27.8 Å². The van der Waals surface area contributed by atoms with E-state index < -0.39 is 46.2 Å². The normalized spacial score (nSPS) is 21.3. The Bertz CT molecular complexity index is 1550. The number of halogens is 5. The van der Waals surface area contributed by atoms with E-state index in [4.69, 9.17) is 4.74 Å². The number of benzene rings is 2. The zero-order valence-corrected chi connectivity index (χ0v) is 23.0. The first-order valence-corrected chi connectivity index (χ1v) is 13.6. The minimum atomic E-state index is -4.91. The number of hydrogen-bond acceptors (Lipinski definition) is 6. The minimum absolute atomic E-state index is 0.0619. The summed E-state index contributed by atoms with van der Waals surface area (Å²) in [4.78, 5) is 33.5. The average Bonchev–Trinajstić information content (AvgIpc) is 2.85. The van der Waals surface area contributed by atoms with Crippen LogP contribution < -0.4 is 10.6 Å². The fraction of sp³-hybridized carbons (Fsp3) is 0.444. The predicted octanol–water partition coefficient (Wildman–Crippen LogP) is 5.10. The van der Waals surface area contributed by atoms with E-state index in [1.54, 1.807) is 9.80 Å². The molecule has 1 amide bonds. The van der Waals surface area contributed by atoms with Gasteiger partial charge in [-0.05, 0) is 32.0 Å². The Morgan fingerprint density at radius 3 is 2.40 bits per heavy atom. The van der Waals surface area contributed by atoms with Crippen molar-refractivity contribution < 1.29 is 31.5 Å². The summed E-state index contributed by atoms with van der Waals surface area (Å²) in [6.45, 7) is 5.69. The monoisotopic (exact) mass is 582 g/mol. The molecule has 2 aliphatic rings. The van der Waals surface area contributed by atoms with Gasteiger partial charge in [-0.2, -0.15) is 18.2 Å². The number of ether oxygens (including phenoxy) is 1. The number of alkyl halides is 3. The Kier molecular flexibility index (Phi) is 7.32. The van der Waals surface area contributed by atoms with Crippen LogP contribution >= 0.6 is 11.8 Å². The second-order valence-corrected chi connectivity index (χ2v) is 11.2. The first-order valence-electron chi connectivity index (χ1n) is 12.6. The standard InChI is InChI=1S/C27H27F5N4O3S/c1-13-9-34(10-14(2)35(13)15(3)37)25-19-8-20(27(30,31)32)22(18-6-5-16(28)7-21(18)29)24-23(19)36(26(38)33-25)17(11-39-4)12-40-24/h5-8,13-14,17H,9-12H2,1-4H3/t13-,14+,17-/m0/s1. The topological polar surface area (TPSA) is 67.7 Å². The molecule has 0 aliphatic carbocycles. The number of piperazine rings is 1. The van der Waals surface area contributed by atoms with Gasteiger partial charge >= 0.3 is 11.9 Å². The van der Waals surface area contributed by atoms with Crippen LogP contribution in [0.2, 0.25) is 0 Å². The SMILES string of the molecule is COC[C@H]1CSc2c(-c3ccc(F)cc3F)c(C(F)(F)F)cc3c(N4C[C@@H](C)N(C(C)=O)[C@@H](C)C4)nc(=O)n1c23. The number of carbonyl (C=O) groups is 1. The molecule has 214 valence electrons. The van der Waals surface area contributed by atoms with Crippen LogP contribution in [0.25, 0.3) is 22.0 Å². The Morgan fingerprint density at radius 2 is 1.82 bits per heavy atom. The van der Waals surface area contributed by atoms with Gasteiger partial charge in [0.25, 0.3) is 0 Å². The van der Waals surface area contributed by atoms with Gasteiger partial charge in [-0.1, -0.05) is 0 Å². The lowest BCUT2D eigenvalue weighted by atomic mass is 9.95. The van der Waals surface area contributed by atoms with E-state index in [9.17, 15) is 27.2 Å². The Hall–Kier alpha value is -3.19. The largest absolute Gasteiger partial charge is 0.417 e. The molecular formula is C27H27F5N4O3S. The molecule has 3 atom stereocenters. The molecule has 0 bridgehead atoms. The molecule has 0 saturated carbocycles. The third kappa shape index (κ3) is 4.72. The number of hydrogen-bond donors (Lipinski definition) is 0. The summed E-state index contributed by atoms with van der Waals surface area (Å²) in [6, 6.07) is 2.20. The second-order valence-electron chi connectivity index (χ2n) is 10.2. The molecule has 2 aliphatic heterocycles. The van der Waals surface area contributed by atoms with E-state index in [1.165, 1.54) is 18.6 Å². The maximum absolute atomic E-state index is 15.0. The highest BCUT2D eigenvalue weighted by Gasteiger charge is 2.41. The van der Waals surface area contributed by atoms with Gasteiger partial charge < -0.3 is 14.5 Å². The summed E-state index contributed by atoms with van der Waals surface area (Å²) in [7, 11) is 1.45. The van der Waals surface area contributed by atoms with E-state index in [1.807, 2.05) is 13.8 Å². The van der Waals surface area contributed by atoms with Crippen molar-refractivity contribution in [1.29, 1.82) is 0 Å². The molecule has 1 aromatic heterocycles. The van der Waals surface area contributed by atoms with Gasteiger partial charge in [-0.3, -0.25) is 9.36 Å². The molecule has 7 nitrogen and oxygen atoms in total. The zero-order valence-electron chi connectivity index (χ0n) is 22.2. The number of nitrogens with zero attached hydrogens (tertiary/aromatic N) is 4. The van der Waals surface area contributed by atoms with Crippen LogP contribution in [-0.2, 0) is 15.7 Å². The summed E-state index contributed by atoms with van der Waals surface area (Å²) in [5.41, 5.74) is -2.47.